The first kappa shape index (κ1) is 13.4. The number of aryl methyl sites for hydroxylation is 2. The molecular formula is C19H23N. The molecule has 0 amide bonds. The smallest absolute Gasteiger partial charge is 0.0114 e. The minimum Gasteiger partial charge on any atom is -0.327 e. The molecule has 1 aliphatic carbocycles. The van der Waals surface area contributed by atoms with Crippen LogP contribution in [-0.4, -0.2) is 6.04 Å². The standard InChI is InChI=1S/C19H23N/c1-13-8-14(2)10-15(9-13)11-19(20)18-12-17(18)16-6-4-3-5-7-16/h3-10,17-19H,11-12,20H2,1-2H3. The Morgan fingerprint density at radius 3 is 2.35 bits per heavy atom. The van der Waals surface area contributed by atoms with Crippen LogP contribution in [0.25, 0.3) is 0 Å². The molecule has 1 heteroatoms. The van der Waals surface area contributed by atoms with Crippen LogP contribution in [0.15, 0.2) is 48.5 Å². The van der Waals surface area contributed by atoms with Gasteiger partial charge in [-0.3, -0.25) is 0 Å². The average molecular weight is 265 g/mol. The Bertz CT molecular complexity index is 568. The van der Waals surface area contributed by atoms with E-state index in [9.17, 15) is 0 Å². The number of hydrogen-bond donors (Lipinski definition) is 1. The first-order valence-corrected chi connectivity index (χ1v) is 7.51. The Hall–Kier alpha value is -1.60. The molecule has 1 aliphatic rings. The molecule has 2 aromatic rings. The van der Waals surface area contributed by atoms with E-state index in [2.05, 4.69) is 62.4 Å². The van der Waals surface area contributed by atoms with Crippen molar-refractivity contribution >= 4 is 0 Å². The van der Waals surface area contributed by atoms with Crippen LogP contribution in [0.2, 0.25) is 0 Å². The second-order valence-electron chi connectivity index (χ2n) is 6.28. The second-order valence-corrected chi connectivity index (χ2v) is 6.28. The summed E-state index contributed by atoms with van der Waals surface area (Å²) in [6.45, 7) is 4.32. The molecule has 0 aromatic heterocycles. The molecule has 2 aromatic carbocycles. The first-order chi connectivity index (χ1) is 9.63. The van der Waals surface area contributed by atoms with E-state index in [0.717, 1.165) is 6.42 Å². The summed E-state index contributed by atoms with van der Waals surface area (Å²) in [6, 6.07) is 17.8. The van der Waals surface area contributed by atoms with Gasteiger partial charge in [-0.15, -0.1) is 0 Å². The van der Waals surface area contributed by atoms with Crippen LogP contribution in [0.3, 0.4) is 0 Å². The molecule has 1 saturated carbocycles. The molecule has 3 rings (SSSR count). The summed E-state index contributed by atoms with van der Waals surface area (Å²) < 4.78 is 0. The van der Waals surface area contributed by atoms with Gasteiger partial charge < -0.3 is 5.73 Å². The number of rotatable bonds is 4. The lowest BCUT2D eigenvalue weighted by Gasteiger charge is -2.13. The molecule has 0 spiro atoms. The zero-order valence-electron chi connectivity index (χ0n) is 12.3. The van der Waals surface area contributed by atoms with Crippen LogP contribution in [0, 0.1) is 19.8 Å². The third-order valence-electron chi connectivity index (χ3n) is 4.37. The predicted molar refractivity (Wildman–Crippen MR) is 84.9 cm³/mol. The lowest BCUT2D eigenvalue weighted by Crippen LogP contribution is -2.26. The third kappa shape index (κ3) is 2.94. The highest BCUT2D eigenvalue weighted by molar-refractivity contribution is 5.31. The SMILES string of the molecule is Cc1cc(C)cc(CC(N)C2CC2c2ccccc2)c1. The molecule has 3 unspecified atom stereocenters. The van der Waals surface area contributed by atoms with E-state index in [4.69, 9.17) is 5.73 Å². The number of hydrogen-bond acceptors (Lipinski definition) is 1. The van der Waals surface area contributed by atoms with Crippen molar-refractivity contribution in [2.75, 3.05) is 0 Å². The molecule has 104 valence electrons. The normalized spacial score (nSPS) is 22.6. The summed E-state index contributed by atoms with van der Waals surface area (Å²) in [4.78, 5) is 0. The molecule has 2 N–H and O–H groups in total. The van der Waals surface area contributed by atoms with Gasteiger partial charge in [-0.2, -0.15) is 0 Å². The lowest BCUT2D eigenvalue weighted by molar-refractivity contribution is 0.577. The van der Waals surface area contributed by atoms with Crippen molar-refractivity contribution < 1.29 is 0 Å². The zero-order valence-corrected chi connectivity index (χ0v) is 12.3. The van der Waals surface area contributed by atoms with Crippen LogP contribution < -0.4 is 5.73 Å². The van der Waals surface area contributed by atoms with Gasteiger partial charge >= 0.3 is 0 Å². The highest BCUT2D eigenvalue weighted by atomic mass is 14.7. The minimum absolute atomic E-state index is 0.279. The molecule has 0 bridgehead atoms. The summed E-state index contributed by atoms with van der Waals surface area (Å²) in [5.41, 5.74) is 11.9. The van der Waals surface area contributed by atoms with Gasteiger partial charge in [-0.25, -0.2) is 0 Å². The fourth-order valence-corrected chi connectivity index (χ4v) is 3.38. The molecule has 0 radical (unpaired) electrons. The summed E-state index contributed by atoms with van der Waals surface area (Å²) in [6.07, 6.45) is 2.24. The van der Waals surface area contributed by atoms with Gasteiger partial charge in [0.2, 0.25) is 0 Å². The lowest BCUT2D eigenvalue weighted by atomic mass is 9.97. The van der Waals surface area contributed by atoms with Crippen LogP contribution in [0.1, 0.15) is 34.6 Å². The summed E-state index contributed by atoms with van der Waals surface area (Å²) in [5, 5.41) is 0. The van der Waals surface area contributed by atoms with E-state index >= 15 is 0 Å². The van der Waals surface area contributed by atoms with Gasteiger partial charge in [0.15, 0.2) is 0 Å². The van der Waals surface area contributed by atoms with Crippen molar-refractivity contribution in [3.8, 4) is 0 Å². The molecule has 0 saturated heterocycles. The maximum absolute atomic E-state index is 6.44. The highest BCUT2D eigenvalue weighted by Crippen LogP contribution is 2.49. The largest absolute Gasteiger partial charge is 0.327 e. The maximum atomic E-state index is 6.44. The fourth-order valence-electron chi connectivity index (χ4n) is 3.38. The van der Waals surface area contributed by atoms with E-state index in [1.165, 1.54) is 28.7 Å². The van der Waals surface area contributed by atoms with E-state index in [1.807, 2.05) is 0 Å². The Morgan fingerprint density at radius 1 is 1.05 bits per heavy atom. The molecule has 0 aliphatic heterocycles. The van der Waals surface area contributed by atoms with Crippen molar-refractivity contribution in [3.63, 3.8) is 0 Å². The van der Waals surface area contributed by atoms with E-state index < -0.39 is 0 Å². The first-order valence-electron chi connectivity index (χ1n) is 7.51. The van der Waals surface area contributed by atoms with Gasteiger partial charge in [0, 0.05) is 6.04 Å². The zero-order chi connectivity index (χ0) is 14.1. The Balaban J connectivity index is 1.65. The van der Waals surface area contributed by atoms with Crippen LogP contribution in [0.4, 0.5) is 0 Å². The molecule has 0 heterocycles. The number of nitrogens with two attached hydrogens (primary N) is 1. The minimum atomic E-state index is 0.279. The summed E-state index contributed by atoms with van der Waals surface area (Å²) in [7, 11) is 0. The van der Waals surface area contributed by atoms with Crippen LogP contribution in [-0.2, 0) is 6.42 Å². The predicted octanol–water partition coefficient (Wildman–Crippen LogP) is 3.98. The molecule has 1 nitrogen and oxygen atoms in total. The third-order valence-corrected chi connectivity index (χ3v) is 4.37. The van der Waals surface area contributed by atoms with Crippen LogP contribution >= 0.6 is 0 Å². The van der Waals surface area contributed by atoms with E-state index in [0.29, 0.717) is 11.8 Å². The maximum Gasteiger partial charge on any atom is 0.0114 e. The van der Waals surface area contributed by atoms with Gasteiger partial charge in [0.1, 0.15) is 0 Å². The van der Waals surface area contributed by atoms with Crippen molar-refractivity contribution in [2.45, 2.75) is 38.6 Å². The fraction of sp³-hybridized carbons (Fsp3) is 0.368. The quantitative estimate of drug-likeness (QED) is 0.889. The average Bonchev–Trinajstić information content (AvgIpc) is 3.18. The number of benzene rings is 2. The van der Waals surface area contributed by atoms with Gasteiger partial charge in [-0.1, -0.05) is 59.7 Å². The molecule has 3 atom stereocenters. The van der Waals surface area contributed by atoms with Crippen molar-refractivity contribution in [1.82, 2.24) is 0 Å². The molecule has 1 fully saturated rings. The Labute approximate surface area is 121 Å². The summed E-state index contributed by atoms with van der Waals surface area (Å²) >= 11 is 0. The van der Waals surface area contributed by atoms with Gasteiger partial charge in [0.05, 0.1) is 0 Å². The van der Waals surface area contributed by atoms with Gasteiger partial charge in [-0.05, 0) is 49.7 Å². The van der Waals surface area contributed by atoms with Crippen LogP contribution in [0.5, 0.6) is 0 Å². The Kier molecular flexibility index (Phi) is 3.62. The van der Waals surface area contributed by atoms with Crippen molar-refractivity contribution in [3.05, 3.63) is 70.8 Å². The highest BCUT2D eigenvalue weighted by Gasteiger charge is 2.42. The van der Waals surface area contributed by atoms with E-state index in [-0.39, 0.29) is 6.04 Å². The topological polar surface area (TPSA) is 26.0 Å². The molecular weight excluding hydrogens is 242 g/mol. The van der Waals surface area contributed by atoms with E-state index in [1.54, 1.807) is 0 Å². The monoisotopic (exact) mass is 265 g/mol. The molecule has 20 heavy (non-hydrogen) atoms. The van der Waals surface area contributed by atoms with Crippen molar-refractivity contribution in [1.29, 1.82) is 0 Å². The Morgan fingerprint density at radius 2 is 1.70 bits per heavy atom. The second kappa shape index (κ2) is 5.41. The summed E-state index contributed by atoms with van der Waals surface area (Å²) in [5.74, 6) is 1.33. The van der Waals surface area contributed by atoms with Crippen molar-refractivity contribution in [2.24, 2.45) is 11.7 Å². The van der Waals surface area contributed by atoms with Gasteiger partial charge in [0.25, 0.3) is 0 Å².